The van der Waals surface area contributed by atoms with Gasteiger partial charge in [0.1, 0.15) is 0 Å². The zero-order valence-electron chi connectivity index (χ0n) is 9.74. The molecule has 1 aromatic rings. The van der Waals surface area contributed by atoms with Gasteiger partial charge in [0.25, 0.3) is 5.91 Å². The van der Waals surface area contributed by atoms with Crippen LogP contribution in [0.5, 0.6) is 0 Å². The first-order valence-corrected chi connectivity index (χ1v) is 6.61. The van der Waals surface area contributed by atoms with Crippen molar-refractivity contribution in [3.8, 4) is 0 Å². The summed E-state index contributed by atoms with van der Waals surface area (Å²) in [6.07, 6.45) is 5.09. The fourth-order valence-electron chi connectivity index (χ4n) is 1.38. The monoisotopic (exact) mass is 335 g/mol. The number of hydrogen-bond donors (Lipinski definition) is 3. The molecule has 0 bridgehead atoms. The third-order valence-electron chi connectivity index (χ3n) is 2.21. The number of allylic oxidation sites excluding steroid dienone is 1. The van der Waals surface area contributed by atoms with Crippen LogP contribution in [0.1, 0.15) is 0 Å². The van der Waals surface area contributed by atoms with Gasteiger partial charge in [-0.2, -0.15) is 0 Å². The minimum absolute atomic E-state index is 0.289. The van der Waals surface area contributed by atoms with E-state index in [0.717, 1.165) is 10.2 Å². The van der Waals surface area contributed by atoms with E-state index in [1.54, 1.807) is 18.2 Å². The molecule has 1 aromatic carbocycles. The molecule has 0 atom stereocenters. The number of carbonyl (C=O) groups is 1. The molecule has 3 N–H and O–H groups in total. The maximum atomic E-state index is 11.6. The van der Waals surface area contributed by atoms with Gasteiger partial charge in [0.15, 0.2) is 5.11 Å². The summed E-state index contributed by atoms with van der Waals surface area (Å²) >= 11 is 8.43. The quantitative estimate of drug-likeness (QED) is 0.441. The normalized spacial score (nSPS) is 11.9. The Morgan fingerprint density at radius 3 is 2.84 bits per heavy atom. The van der Waals surface area contributed by atoms with Crippen molar-refractivity contribution in [3.05, 3.63) is 58.3 Å². The van der Waals surface area contributed by atoms with Crippen molar-refractivity contribution in [1.29, 1.82) is 0 Å². The predicted molar refractivity (Wildman–Crippen MR) is 82.4 cm³/mol. The van der Waals surface area contributed by atoms with Gasteiger partial charge in [-0.05, 0) is 42.6 Å². The largest absolute Gasteiger partial charge is 0.331 e. The second kappa shape index (κ2) is 6.33. The van der Waals surface area contributed by atoms with E-state index in [9.17, 15) is 4.79 Å². The van der Waals surface area contributed by atoms with Gasteiger partial charge in [-0.25, -0.2) is 0 Å². The lowest BCUT2D eigenvalue weighted by Gasteiger charge is -2.11. The number of benzene rings is 1. The summed E-state index contributed by atoms with van der Waals surface area (Å²) < 4.78 is 0.940. The van der Waals surface area contributed by atoms with Gasteiger partial charge < -0.3 is 5.32 Å². The summed E-state index contributed by atoms with van der Waals surface area (Å²) in [5, 5.41) is 3.25. The summed E-state index contributed by atoms with van der Waals surface area (Å²) in [6, 6.07) is 7.54. The van der Waals surface area contributed by atoms with Crippen LogP contribution in [0.15, 0.2) is 58.3 Å². The molecule has 0 spiro atoms. The second-order valence-corrected chi connectivity index (χ2v) is 4.95. The Hall–Kier alpha value is -1.88. The van der Waals surface area contributed by atoms with E-state index in [0.29, 0.717) is 10.7 Å². The van der Waals surface area contributed by atoms with Crippen LogP contribution in [-0.4, -0.2) is 11.0 Å². The lowest BCUT2D eigenvalue weighted by Crippen LogP contribution is -2.44. The van der Waals surface area contributed by atoms with Gasteiger partial charge in [-0.15, -0.1) is 5.73 Å². The Morgan fingerprint density at radius 1 is 1.32 bits per heavy atom. The van der Waals surface area contributed by atoms with E-state index < -0.39 is 0 Å². The number of nitrogens with one attached hydrogen (secondary N) is 3. The number of anilines is 1. The summed E-state index contributed by atoms with van der Waals surface area (Å²) in [5.41, 5.74) is 9.18. The van der Waals surface area contributed by atoms with Crippen LogP contribution in [0.2, 0.25) is 0 Å². The van der Waals surface area contributed by atoms with Crippen molar-refractivity contribution in [1.82, 2.24) is 10.9 Å². The Kier molecular flexibility index (Phi) is 4.52. The van der Waals surface area contributed by atoms with Crippen molar-refractivity contribution in [2.75, 3.05) is 5.32 Å². The lowest BCUT2D eigenvalue weighted by molar-refractivity contribution is -0.117. The number of thiocarbonyl (C=S) groups is 1. The molecule has 1 amide bonds. The molecular formula is C13H10BrN3OS. The zero-order valence-corrected chi connectivity index (χ0v) is 12.1. The highest BCUT2D eigenvalue weighted by Crippen LogP contribution is 2.15. The van der Waals surface area contributed by atoms with Crippen LogP contribution in [0.3, 0.4) is 0 Å². The molecule has 0 heterocycles. The van der Waals surface area contributed by atoms with Gasteiger partial charge in [0, 0.05) is 10.2 Å². The summed E-state index contributed by atoms with van der Waals surface area (Å²) in [4.78, 5) is 11.6. The predicted octanol–water partition coefficient (Wildman–Crippen LogP) is 2.42. The van der Waals surface area contributed by atoms with E-state index in [-0.39, 0.29) is 5.91 Å². The molecule has 6 heteroatoms. The standard InChI is InChI=1S/C13H10BrN3OS/c14-10-6-3-7-11(8-10)15-13(19)17-16-12(18)9-4-1-2-5-9/h1-4,6-8H,(H,16,18)(H2,15,17,19). The number of halogens is 1. The molecule has 0 aromatic heterocycles. The van der Waals surface area contributed by atoms with Gasteiger partial charge in [0.05, 0.1) is 5.57 Å². The first-order chi connectivity index (χ1) is 9.15. The average molecular weight is 336 g/mol. The van der Waals surface area contributed by atoms with Crippen molar-refractivity contribution in [2.24, 2.45) is 0 Å². The van der Waals surface area contributed by atoms with E-state index in [2.05, 4.69) is 37.8 Å². The molecule has 0 radical (unpaired) electrons. The molecule has 0 saturated carbocycles. The SMILES string of the molecule is O=C(NNC(=S)Nc1cccc(Br)c1)C1=C=CC=C1. The summed E-state index contributed by atoms with van der Waals surface area (Å²) in [7, 11) is 0. The number of carbonyl (C=O) groups excluding carboxylic acids is 1. The molecule has 0 aliphatic heterocycles. The van der Waals surface area contributed by atoms with Crippen molar-refractivity contribution < 1.29 is 4.79 Å². The molecule has 2 rings (SSSR count). The van der Waals surface area contributed by atoms with Gasteiger partial charge >= 0.3 is 0 Å². The van der Waals surface area contributed by atoms with E-state index >= 15 is 0 Å². The number of rotatable bonds is 2. The van der Waals surface area contributed by atoms with E-state index in [1.165, 1.54) is 0 Å². The van der Waals surface area contributed by atoms with Crippen LogP contribution in [0.4, 0.5) is 5.69 Å². The topological polar surface area (TPSA) is 53.2 Å². The molecule has 1 aliphatic carbocycles. The minimum Gasteiger partial charge on any atom is -0.331 e. The van der Waals surface area contributed by atoms with E-state index in [1.807, 2.05) is 24.3 Å². The Morgan fingerprint density at radius 2 is 2.16 bits per heavy atom. The highest BCUT2D eigenvalue weighted by molar-refractivity contribution is 9.10. The fraction of sp³-hybridized carbons (Fsp3) is 0. The molecule has 96 valence electrons. The lowest BCUT2D eigenvalue weighted by atomic mass is 10.3. The maximum Gasteiger partial charge on any atom is 0.277 e. The highest BCUT2D eigenvalue weighted by atomic mass is 79.9. The maximum absolute atomic E-state index is 11.6. The van der Waals surface area contributed by atoms with Crippen LogP contribution < -0.4 is 16.2 Å². The third-order valence-corrected chi connectivity index (χ3v) is 2.91. The Bertz CT molecular complexity index is 618. The number of hydrogen-bond acceptors (Lipinski definition) is 2. The molecular weight excluding hydrogens is 326 g/mol. The summed E-state index contributed by atoms with van der Waals surface area (Å²) in [5.74, 6) is -0.289. The van der Waals surface area contributed by atoms with Crippen molar-refractivity contribution in [2.45, 2.75) is 0 Å². The molecule has 4 nitrogen and oxygen atoms in total. The average Bonchev–Trinajstić information content (AvgIpc) is 2.90. The molecule has 0 saturated heterocycles. The highest BCUT2D eigenvalue weighted by Gasteiger charge is 2.07. The molecule has 0 unspecified atom stereocenters. The van der Waals surface area contributed by atoms with Crippen LogP contribution in [0, 0.1) is 0 Å². The smallest absolute Gasteiger partial charge is 0.277 e. The summed E-state index contributed by atoms with van der Waals surface area (Å²) in [6.45, 7) is 0. The van der Waals surface area contributed by atoms with Gasteiger partial charge in [0.2, 0.25) is 0 Å². The first kappa shape index (κ1) is 13.5. The fourth-order valence-corrected chi connectivity index (χ4v) is 1.95. The number of amides is 1. The zero-order chi connectivity index (χ0) is 13.7. The van der Waals surface area contributed by atoms with Gasteiger partial charge in [-0.3, -0.25) is 15.6 Å². The van der Waals surface area contributed by atoms with Crippen LogP contribution >= 0.6 is 28.1 Å². The minimum atomic E-state index is -0.289. The van der Waals surface area contributed by atoms with Crippen molar-refractivity contribution in [3.63, 3.8) is 0 Å². The molecule has 1 aliphatic rings. The van der Waals surface area contributed by atoms with Crippen molar-refractivity contribution >= 4 is 44.9 Å². The second-order valence-electron chi connectivity index (χ2n) is 3.63. The first-order valence-electron chi connectivity index (χ1n) is 5.41. The Labute approximate surface area is 124 Å². The number of hydrazine groups is 1. The third kappa shape index (κ3) is 4.06. The molecule has 0 fully saturated rings. The van der Waals surface area contributed by atoms with Crippen LogP contribution in [0.25, 0.3) is 0 Å². The van der Waals surface area contributed by atoms with E-state index in [4.69, 9.17) is 12.2 Å². The van der Waals surface area contributed by atoms with Gasteiger partial charge in [-0.1, -0.05) is 28.1 Å². The van der Waals surface area contributed by atoms with Crippen LogP contribution in [-0.2, 0) is 4.79 Å². The molecule has 19 heavy (non-hydrogen) atoms. The Balaban J connectivity index is 1.83.